The quantitative estimate of drug-likeness (QED) is 0.265. The number of aromatic nitrogens is 1. The van der Waals surface area contributed by atoms with E-state index in [1.54, 1.807) is 17.7 Å². The first-order chi connectivity index (χ1) is 18.7. The predicted molar refractivity (Wildman–Crippen MR) is 141 cm³/mol. The Morgan fingerprint density at radius 3 is 2.46 bits per heavy atom. The Hall–Kier alpha value is -4.16. The van der Waals surface area contributed by atoms with Crippen LogP contribution >= 0.6 is 0 Å². The van der Waals surface area contributed by atoms with Gasteiger partial charge in [-0.3, -0.25) is 14.2 Å². The Balaban J connectivity index is 1.49. The van der Waals surface area contributed by atoms with Crippen molar-refractivity contribution in [1.82, 2.24) is 15.2 Å². The lowest BCUT2D eigenvalue weighted by atomic mass is 9.88. The number of carboxylic acid groups (broad SMARTS) is 1. The topological polar surface area (TPSA) is 175 Å². The average Bonchev–Trinajstić information content (AvgIpc) is 3.23. The molecule has 12 nitrogen and oxygen atoms in total. The van der Waals surface area contributed by atoms with Crippen LogP contribution in [-0.4, -0.2) is 66.1 Å². The number of hydrogen-bond acceptors (Lipinski definition) is 7. The molecular weight excluding hydrogens is 508 g/mol. The molecule has 1 aromatic heterocycles. The summed E-state index contributed by atoms with van der Waals surface area (Å²) in [4.78, 5) is 48.9. The first-order valence-corrected chi connectivity index (χ1v) is 12.6. The van der Waals surface area contributed by atoms with Crippen molar-refractivity contribution in [3.63, 3.8) is 0 Å². The van der Waals surface area contributed by atoms with Crippen LogP contribution in [0.5, 0.6) is 0 Å². The summed E-state index contributed by atoms with van der Waals surface area (Å²) in [6.45, 7) is 1.42. The Kier molecular flexibility index (Phi) is 8.67. The van der Waals surface area contributed by atoms with Crippen LogP contribution in [0.1, 0.15) is 24.8 Å². The highest BCUT2D eigenvalue weighted by molar-refractivity contribution is 5.93. The van der Waals surface area contributed by atoms with Crippen LogP contribution in [0.3, 0.4) is 0 Å². The Bertz CT molecular complexity index is 1390. The van der Waals surface area contributed by atoms with E-state index in [0.717, 1.165) is 16.7 Å². The molecule has 0 spiro atoms. The highest BCUT2D eigenvalue weighted by Crippen LogP contribution is 2.26. The van der Waals surface area contributed by atoms with Gasteiger partial charge in [0.2, 0.25) is 11.8 Å². The third-order valence-corrected chi connectivity index (χ3v) is 6.90. The molecule has 208 valence electrons. The minimum absolute atomic E-state index is 0.126. The third-order valence-electron chi connectivity index (χ3n) is 6.90. The van der Waals surface area contributed by atoms with E-state index in [4.69, 9.17) is 19.6 Å². The summed E-state index contributed by atoms with van der Waals surface area (Å²) in [6.07, 6.45) is -0.248. The second kappa shape index (κ2) is 12.1. The summed E-state index contributed by atoms with van der Waals surface area (Å²) in [5.41, 5.74) is 7.87. The van der Waals surface area contributed by atoms with Gasteiger partial charge in [0.15, 0.2) is 5.58 Å². The summed E-state index contributed by atoms with van der Waals surface area (Å²) >= 11 is 0. The van der Waals surface area contributed by atoms with Crippen LogP contribution in [0, 0.1) is 0 Å². The van der Waals surface area contributed by atoms with E-state index in [9.17, 15) is 24.3 Å². The first kappa shape index (κ1) is 27.9. The van der Waals surface area contributed by atoms with Gasteiger partial charge in [-0.2, -0.15) is 0 Å². The Morgan fingerprint density at radius 2 is 1.82 bits per heavy atom. The molecule has 1 aliphatic heterocycles. The van der Waals surface area contributed by atoms with Gasteiger partial charge in [-0.25, -0.2) is 9.59 Å². The smallest absolute Gasteiger partial charge is 0.419 e. The number of benzene rings is 2. The van der Waals surface area contributed by atoms with Gasteiger partial charge in [0.25, 0.3) is 0 Å². The van der Waals surface area contributed by atoms with Gasteiger partial charge in [-0.15, -0.1) is 0 Å². The number of ether oxygens (including phenoxy) is 2. The van der Waals surface area contributed by atoms with Gasteiger partial charge in [-0.1, -0.05) is 30.3 Å². The maximum Gasteiger partial charge on any atom is 0.419 e. The molecule has 1 fully saturated rings. The molecule has 39 heavy (non-hydrogen) atoms. The molecule has 1 atom stereocenters. The summed E-state index contributed by atoms with van der Waals surface area (Å²) in [5.74, 6) is -1.77. The summed E-state index contributed by atoms with van der Waals surface area (Å²) in [7, 11) is 1.61. The maximum atomic E-state index is 13.1. The SMILES string of the molecule is COCCCn1c(=O)oc2ccc(-c3ccc(CC(NC(=O)C4(NC(=O)O)CCOCC4)C(N)=O)cc3)cc21. The molecule has 2 heterocycles. The van der Waals surface area contributed by atoms with Crippen molar-refractivity contribution >= 4 is 29.0 Å². The number of nitrogens with two attached hydrogens (primary N) is 1. The van der Waals surface area contributed by atoms with Crippen LogP contribution in [0.15, 0.2) is 51.7 Å². The fourth-order valence-corrected chi connectivity index (χ4v) is 4.74. The number of carbonyl (C=O) groups excluding carboxylic acids is 2. The van der Waals surface area contributed by atoms with E-state index >= 15 is 0 Å². The third kappa shape index (κ3) is 6.47. The molecule has 2 aromatic carbocycles. The van der Waals surface area contributed by atoms with Crippen LogP contribution in [0.2, 0.25) is 0 Å². The van der Waals surface area contributed by atoms with Crippen molar-refractivity contribution in [1.29, 1.82) is 0 Å². The van der Waals surface area contributed by atoms with Crippen LogP contribution in [-0.2, 0) is 32.0 Å². The summed E-state index contributed by atoms with van der Waals surface area (Å²) in [5, 5.41) is 14.2. The number of nitrogens with one attached hydrogen (secondary N) is 2. The molecule has 0 bridgehead atoms. The molecule has 3 amide bonds. The number of methoxy groups -OCH3 is 1. The molecule has 1 aliphatic rings. The minimum atomic E-state index is -1.39. The molecule has 12 heteroatoms. The number of amides is 3. The highest BCUT2D eigenvalue weighted by Gasteiger charge is 2.42. The van der Waals surface area contributed by atoms with Gasteiger partial charge < -0.3 is 35.4 Å². The van der Waals surface area contributed by atoms with Gasteiger partial charge in [-0.05, 0) is 35.2 Å². The van der Waals surface area contributed by atoms with Crippen LogP contribution in [0.25, 0.3) is 22.2 Å². The highest BCUT2D eigenvalue weighted by atomic mass is 16.5. The van der Waals surface area contributed by atoms with Crippen LogP contribution in [0.4, 0.5) is 4.79 Å². The molecule has 1 saturated heterocycles. The number of hydrogen-bond donors (Lipinski definition) is 4. The minimum Gasteiger partial charge on any atom is -0.465 e. The van der Waals surface area contributed by atoms with E-state index in [0.29, 0.717) is 30.7 Å². The lowest BCUT2D eigenvalue weighted by Gasteiger charge is -2.36. The van der Waals surface area contributed by atoms with E-state index in [2.05, 4.69) is 10.6 Å². The van der Waals surface area contributed by atoms with E-state index in [1.807, 2.05) is 36.4 Å². The van der Waals surface area contributed by atoms with Gasteiger partial charge in [0.1, 0.15) is 11.6 Å². The van der Waals surface area contributed by atoms with Crippen molar-refractivity contribution in [2.75, 3.05) is 26.9 Å². The second-order valence-corrected chi connectivity index (χ2v) is 9.50. The molecule has 0 saturated carbocycles. The molecular formula is C27H32N4O8. The van der Waals surface area contributed by atoms with Crippen molar-refractivity contribution in [3.8, 4) is 11.1 Å². The van der Waals surface area contributed by atoms with Crippen molar-refractivity contribution < 1.29 is 33.4 Å². The maximum absolute atomic E-state index is 13.1. The van der Waals surface area contributed by atoms with E-state index in [1.165, 1.54) is 0 Å². The Labute approximate surface area is 224 Å². The van der Waals surface area contributed by atoms with Gasteiger partial charge in [0, 0.05) is 52.7 Å². The number of carbonyl (C=O) groups is 3. The average molecular weight is 541 g/mol. The van der Waals surface area contributed by atoms with Crippen LogP contribution < -0.4 is 22.1 Å². The molecule has 4 rings (SSSR count). The number of fused-ring (bicyclic) bond motifs is 1. The molecule has 0 aliphatic carbocycles. The van der Waals surface area contributed by atoms with Gasteiger partial charge >= 0.3 is 11.8 Å². The molecule has 0 radical (unpaired) electrons. The number of aryl methyl sites for hydroxylation is 1. The van der Waals surface area contributed by atoms with E-state index in [-0.39, 0.29) is 32.5 Å². The van der Waals surface area contributed by atoms with Crippen molar-refractivity contribution in [2.45, 2.75) is 43.8 Å². The number of oxazole rings is 1. The van der Waals surface area contributed by atoms with Crippen molar-refractivity contribution in [3.05, 3.63) is 58.6 Å². The fourth-order valence-electron chi connectivity index (χ4n) is 4.74. The number of nitrogens with zero attached hydrogens (tertiary/aromatic N) is 1. The first-order valence-electron chi connectivity index (χ1n) is 12.6. The van der Waals surface area contributed by atoms with Gasteiger partial charge in [0.05, 0.1) is 5.52 Å². The van der Waals surface area contributed by atoms with E-state index < -0.39 is 35.2 Å². The monoisotopic (exact) mass is 540 g/mol. The molecule has 5 N–H and O–H groups in total. The molecule has 1 unspecified atom stereocenters. The standard InChI is InChI=1S/C27H32N4O8/c1-37-12-2-11-31-21-16-19(7-8-22(21)39-26(31)36)18-5-3-17(4-6-18)15-20(23(28)32)29-24(33)27(30-25(34)35)9-13-38-14-10-27/h3-8,16,20,30H,2,9-15H2,1H3,(H2,28,32)(H,29,33)(H,34,35). The second-order valence-electron chi connectivity index (χ2n) is 9.50. The predicted octanol–water partition coefficient (Wildman–Crippen LogP) is 1.63. The fraction of sp³-hybridized carbons (Fsp3) is 0.407. The Morgan fingerprint density at radius 1 is 1.13 bits per heavy atom. The lowest BCUT2D eigenvalue weighted by Crippen LogP contribution is -2.63. The lowest BCUT2D eigenvalue weighted by molar-refractivity contribution is -0.134. The van der Waals surface area contributed by atoms with Crippen molar-refractivity contribution in [2.24, 2.45) is 5.73 Å². The normalized spacial score (nSPS) is 15.5. The summed E-state index contributed by atoms with van der Waals surface area (Å²) in [6, 6.07) is 11.8. The summed E-state index contributed by atoms with van der Waals surface area (Å²) < 4.78 is 17.3. The number of primary amides is 1. The molecule has 3 aromatic rings. The number of rotatable bonds is 11. The zero-order chi connectivity index (χ0) is 28.0. The zero-order valence-electron chi connectivity index (χ0n) is 21.6. The largest absolute Gasteiger partial charge is 0.465 e. The zero-order valence-corrected chi connectivity index (χ0v) is 21.6.